The van der Waals surface area contributed by atoms with Gasteiger partial charge in [-0.2, -0.15) is 0 Å². The molecular formula is C23H16N2OS. The number of rotatable bonds is 2. The number of aromatic nitrogens is 2. The van der Waals surface area contributed by atoms with Crippen molar-refractivity contribution in [2.45, 2.75) is 6.92 Å². The predicted molar refractivity (Wildman–Crippen MR) is 113 cm³/mol. The highest BCUT2D eigenvalue weighted by Gasteiger charge is 2.14. The number of aryl methyl sites for hydroxylation is 1. The van der Waals surface area contributed by atoms with Gasteiger partial charge in [0.2, 0.25) is 0 Å². The standard InChI is InChI=1S/C23H16N2OS/c1-14-6-8-16(9-7-14)21-24-22(26)20-19(13-27-23(20)25-21)18-11-10-15-4-2-3-5-17(15)12-18/h2-13H,1H3,(H,24,25,26). The summed E-state index contributed by atoms with van der Waals surface area (Å²) >= 11 is 1.51. The lowest BCUT2D eigenvalue weighted by Gasteiger charge is -2.04. The van der Waals surface area contributed by atoms with Gasteiger partial charge in [0.25, 0.3) is 5.56 Å². The summed E-state index contributed by atoms with van der Waals surface area (Å²) in [6, 6.07) is 22.5. The first kappa shape index (κ1) is 16.0. The molecule has 130 valence electrons. The maximum atomic E-state index is 12.9. The lowest BCUT2D eigenvalue weighted by Crippen LogP contribution is -2.09. The van der Waals surface area contributed by atoms with Gasteiger partial charge in [0, 0.05) is 16.5 Å². The molecule has 0 aliphatic rings. The number of nitrogens with zero attached hydrogens (tertiary/aromatic N) is 1. The second-order valence-electron chi connectivity index (χ2n) is 6.67. The summed E-state index contributed by atoms with van der Waals surface area (Å²) in [5.74, 6) is 0.611. The van der Waals surface area contributed by atoms with Crippen LogP contribution in [0.3, 0.4) is 0 Å². The van der Waals surface area contributed by atoms with E-state index in [4.69, 9.17) is 4.98 Å². The molecule has 2 aromatic heterocycles. The van der Waals surface area contributed by atoms with E-state index in [-0.39, 0.29) is 5.56 Å². The van der Waals surface area contributed by atoms with E-state index in [1.807, 2.05) is 48.7 Å². The van der Waals surface area contributed by atoms with Crippen LogP contribution < -0.4 is 5.56 Å². The molecule has 5 rings (SSSR count). The van der Waals surface area contributed by atoms with Gasteiger partial charge in [0.1, 0.15) is 10.7 Å². The molecule has 0 unspecified atom stereocenters. The van der Waals surface area contributed by atoms with Gasteiger partial charge in [-0.3, -0.25) is 4.79 Å². The van der Waals surface area contributed by atoms with Gasteiger partial charge in [0.05, 0.1) is 5.39 Å². The van der Waals surface area contributed by atoms with Crippen LogP contribution in [-0.4, -0.2) is 9.97 Å². The monoisotopic (exact) mass is 368 g/mol. The molecule has 0 aliphatic heterocycles. The van der Waals surface area contributed by atoms with Crippen molar-refractivity contribution in [3.8, 4) is 22.5 Å². The molecule has 0 spiro atoms. The second-order valence-corrected chi connectivity index (χ2v) is 7.53. The average molecular weight is 368 g/mol. The van der Waals surface area contributed by atoms with Crippen LogP contribution in [0.5, 0.6) is 0 Å². The van der Waals surface area contributed by atoms with E-state index in [0.717, 1.165) is 26.9 Å². The first-order chi connectivity index (χ1) is 13.2. The number of H-pyrrole nitrogens is 1. The molecule has 0 bridgehead atoms. The number of aromatic amines is 1. The largest absolute Gasteiger partial charge is 0.306 e. The Labute approximate surface area is 160 Å². The number of hydrogen-bond donors (Lipinski definition) is 1. The van der Waals surface area contributed by atoms with Crippen LogP contribution in [0.15, 0.2) is 76.9 Å². The van der Waals surface area contributed by atoms with E-state index in [1.54, 1.807) is 0 Å². The van der Waals surface area contributed by atoms with E-state index in [9.17, 15) is 4.79 Å². The Morgan fingerprint density at radius 2 is 1.63 bits per heavy atom. The van der Waals surface area contributed by atoms with Gasteiger partial charge in [-0.15, -0.1) is 11.3 Å². The van der Waals surface area contributed by atoms with Gasteiger partial charge in [0.15, 0.2) is 0 Å². The molecule has 0 saturated carbocycles. The Morgan fingerprint density at radius 1 is 0.889 bits per heavy atom. The van der Waals surface area contributed by atoms with Crippen LogP contribution in [0.1, 0.15) is 5.56 Å². The van der Waals surface area contributed by atoms with Gasteiger partial charge < -0.3 is 4.98 Å². The number of fused-ring (bicyclic) bond motifs is 2. The summed E-state index contributed by atoms with van der Waals surface area (Å²) in [6.07, 6.45) is 0. The molecule has 0 fully saturated rings. The van der Waals surface area contributed by atoms with Crippen molar-refractivity contribution in [3.63, 3.8) is 0 Å². The second kappa shape index (κ2) is 6.18. The Balaban J connectivity index is 1.68. The molecule has 0 saturated heterocycles. The van der Waals surface area contributed by atoms with E-state index in [2.05, 4.69) is 35.3 Å². The summed E-state index contributed by atoms with van der Waals surface area (Å²) in [5, 5.41) is 5.03. The quantitative estimate of drug-likeness (QED) is 0.429. The third kappa shape index (κ3) is 2.75. The minimum atomic E-state index is -0.0972. The minimum absolute atomic E-state index is 0.0972. The molecule has 0 amide bonds. The zero-order chi connectivity index (χ0) is 18.4. The molecule has 1 N–H and O–H groups in total. The molecule has 3 aromatic carbocycles. The summed E-state index contributed by atoms with van der Waals surface area (Å²) in [6.45, 7) is 2.04. The fourth-order valence-corrected chi connectivity index (χ4v) is 4.31. The van der Waals surface area contributed by atoms with Crippen LogP contribution >= 0.6 is 11.3 Å². The van der Waals surface area contributed by atoms with Gasteiger partial charge in [-0.1, -0.05) is 66.2 Å². The van der Waals surface area contributed by atoms with Crippen molar-refractivity contribution in [3.05, 3.63) is 88.0 Å². The molecule has 3 nitrogen and oxygen atoms in total. The zero-order valence-electron chi connectivity index (χ0n) is 14.7. The van der Waals surface area contributed by atoms with Crippen molar-refractivity contribution in [2.24, 2.45) is 0 Å². The van der Waals surface area contributed by atoms with Crippen molar-refractivity contribution in [1.29, 1.82) is 0 Å². The lowest BCUT2D eigenvalue weighted by atomic mass is 10.0. The summed E-state index contributed by atoms with van der Waals surface area (Å²) < 4.78 is 0. The van der Waals surface area contributed by atoms with Crippen LogP contribution in [0.4, 0.5) is 0 Å². The van der Waals surface area contributed by atoms with Crippen LogP contribution in [-0.2, 0) is 0 Å². The van der Waals surface area contributed by atoms with E-state index in [0.29, 0.717) is 11.2 Å². The van der Waals surface area contributed by atoms with Gasteiger partial charge in [-0.25, -0.2) is 4.98 Å². The van der Waals surface area contributed by atoms with Crippen LogP contribution in [0, 0.1) is 6.92 Å². The fourth-order valence-electron chi connectivity index (χ4n) is 3.37. The summed E-state index contributed by atoms with van der Waals surface area (Å²) in [4.78, 5) is 21.3. The normalized spacial score (nSPS) is 11.3. The first-order valence-electron chi connectivity index (χ1n) is 8.77. The SMILES string of the molecule is Cc1ccc(-c2nc3scc(-c4ccc5ccccc5c4)c3c(=O)[nH]2)cc1. The van der Waals surface area contributed by atoms with Crippen LogP contribution in [0.2, 0.25) is 0 Å². The summed E-state index contributed by atoms with van der Waals surface area (Å²) in [7, 11) is 0. The average Bonchev–Trinajstić information content (AvgIpc) is 3.13. The van der Waals surface area contributed by atoms with Crippen LogP contribution in [0.25, 0.3) is 43.5 Å². The van der Waals surface area contributed by atoms with Crippen molar-refractivity contribution < 1.29 is 0 Å². The topological polar surface area (TPSA) is 45.8 Å². The first-order valence-corrected chi connectivity index (χ1v) is 9.65. The van der Waals surface area contributed by atoms with Crippen molar-refractivity contribution in [2.75, 3.05) is 0 Å². The molecule has 0 atom stereocenters. The fraction of sp³-hybridized carbons (Fsp3) is 0.0435. The smallest absolute Gasteiger partial charge is 0.260 e. The third-order valence-corrected chi connectivity index (χ3v) is 5.70. The van der Waals surface area contributed by atoms with E-state index >= 15 is 0 Å². The number of thiophene rings is 1. The Morgan fingerprint density at radius 3 is 2.44 bits per heavy atom. The molecular weight excluding hydrogens is 352 g/mol. The van der Waals surface area contributed by atoms with E-state index in [1.165, 1.54) is 22.3 Å². The summed E-state index contributed by atoms with van der Waals surface area (Å²) in [5.41, 5.74) is 3.97. The van der Waals surface area contributed by atoms with Gasteiger partial charge in [-0.05, 0) is 29.3 Å². The molecule has 0 radical (unpaired) electrons. The number of nitrogens with one attached hydrogen (secondary N) is 1. The highest BCUT2D eigenvalue weighted by atomic mass is 32.1. The molecule has 0 aliphatic carbocycles. The Kier molecular flexibility index (Phi) is 3.66. The Hall–Kier alpha value is -3.24. The number of hydrogen-bond acceptors (Lipinski definition) is 3. The lowest BCUT2D eigenvalue weighted by molar-refractivity contribution is 1.19. The number of benzene rings is 3. The molecule has 5 aromatic rings. The van der Waals surface area contributed by atoms with Crippen molar-refractivity contribution >= 4 is 32.3 Å². The third-order valence-electron chi connectivity index (χ3n) is 4.83. The molecule has 4 heteroatoms. The Bertz CT molecular complexity index is 1350. The molecule has 27 heavy (non-hydrogen) atoms. The maximum Gasteiger partial charge on any atom is 0.260 e. The highest BCUT2D eigenvalue weighted by molar-refractivity contribution is 7.17. The zero-order valence-corrected chi connectivity index (χ0v) is 15.5. The predicted octanol–water partition coefficient (Wildman–Crippen LogP) is 5.78. The molecule has 2 heterocycles. The highest BCUT2D eigenvalue weighted by Crippen LogP contribution is 2.33. The van der Waals surface area contributed by atoms with Crippen molar-refractivity contribution in [1.82, 2.24) is 9.97 Å². The maximum absolute atomic E-state index is 12.9. The van der Waals surface area contributed by atoms with Gasteiger partial charge >= 0.3 is 0 Å². The van der Waals surface area contributed by atoms with E-state index < -0.39 is 0 Å². The minimum Gasteiger partial charge on any atom is -0.306 e.